The summed E-state index contributed by atoms with van der Waals surface area (Å²) in [5.41, 5.74) is -0.158. The summed E-state index contributed by atoms with van der Waals surface area (Å²) in [6.07, 6.45) is -1.22. The SMILES string of the molecule is C=C(C)C(=O)OC(=O)CCC(=O)OC(=O)C(=C)C.C=C(CC(=O)O)C(=O)O. The van der Waals surface area contributed by atoms with Gasteiger partial charge in [-0.2, -0.15) is 0 Å². The predicted molar refractivity (Wildman–Crippen MR) is 90.1 cm³/mol. The smallest absolute Gasteiger partial charge is 0.340 e. The number of carbonyl (C=O) groups is 6. The van der Waals surface area contributed by atoms with Crippen LogP contribution in [0.2, 0.25) is 0 Å². The molecule has 2 N–H and O–H groups in total. The molecule has 0 amide bonds. The Morgan fingerprint density at radius 2 is 1.07 bits per heavy atom. The van der Waals surface area contributed by atoms with Gasteiger partial charge < -0.3 is 19.7 Å². The zero-order valence-corrected chi connectivity index (χ0v) is 14.9. The molecular weight excluding hydrogens is 364 g/mol. The molecule has 0 aromatic rings. The van der Waals surface area contributed by atoms with Gasteiger partial charge in [0, 0.05) is 16.7 Å². The number of rotatable bonds is 8. The monoisotopic (exact) mass is 384 g/mol. The van der Waals surface area contributed by atoms with Crippen molar-refractivity contribution in [2.45, 2.75) is 33.1 Å². The second kappa shape index (κ2) is 12.8. The van der Waals surface area contributed by atoms with Crippen molar-refractivity contribution in [1.29, 1.82) is 0 Å². The standard InChI is InChI=1S/C12H14O6.C5H6O4/c1-7(2)11(15)17-9(13)5-6-10(14)18-12(16)8(3)4;1-3(5(8)9)2-4(6)7/h1,3,5-6H2,2,4H3;1-2H2,(H,6,7)(H,8,9). The van der Waals surface area contributed by atoms with E-state index in [2.05, 4.69) is 29.2 Å². The van der Waals surface area contributed by atoms with Crippen molar-refractivity contribution in [2.75, 3.05) is 0 Å². The minimum atomic E-state index is -1.27. The maximum Gasteiger partial charge on any atom is 0.340 e. The van der Waals surface area contributed by atoms with E-state index in [-0.39, 0.29) is 29.6 Å². The number of carbonyl (C=O) groups excluding carboxylic acids is 4. The summed E-state index contributed by atoms with van der Waals surface area (Å²) in [6.45, 7) is 12.4. The Morgan fingerprint density at radius 3 is 1.26 bits per heavy atom. The van der Waals surface area contributed by atoms with Crippen molar-refractivity contribution in [1.82, 2.24) is 0 Å². The Hall–Kier alpha value is -3.56. The van der Waals surface area contributed by atoms with Crippen LogP contribution < -0.4 is 0 Å². The van der Waals surface area contributed by atoms with Gasteiger partial charge in [0.15, 0.2) is 0 Å². The summed E-state index contributed by atoms with van der Waals surface area (Å²) < 4.78 is 8.65. The fourth-order valence-corrected chi connectivity index (χ4v) is 0.945. The van der Waals surface area contributed by atoms with Crippen LogP contribution in [0.1, 0.15) is 33.1 Å². The second-order valence-electron chi connectivity index (χ2n) is 5.06. The first kappa shape index (κ1) is 25.7. The van der Waals surface area contributed by atoms with Gasteiger partial charge in [0.2, 0.25) is 0 Å². The van der Waals surface area contributed by atoms with Crippen molar-refractivity contribution >= 4 is 35.8 Å². The molecule has 0 aromatic heterocycles. The number of hydrogen-bond acceptors (Lipinski definition) is 8. The highest BCUT2D eigenvalue weighted by Gasteiger charge is 2.16. The van der Waals surface area contributed by atoms with Crippen LogP contribution >= 0.6 is 0 Å². The van der Waals surface area contributed by atoms with Gasteiger partial charge in [-0.15, -0.1) is 0 Å². The highest BCUT2D eigenvalue weighted by atomic mass is 16.6. The van der Waals surface area contributed by atoms with Crippen LogP contribution in [0.3, 0.4) is 0 Å². The van der Waals surface area contributed by atoms with Crippen molar-refractivity contribution in [3.8, 4) is 0 Å². The van der Waals surface area contributed by atoms with Crippen LogP contribution in [0.25, 0.3) is 0 Å². The molecule has 0 aliphatic rings. The number of carboxylic acids is 2. The molecule has 0 aliphatic carbocycles. The molecule has 0 aromatic carbocycles. The van der Waals surface area contributed by atoms with Crippen LogP contribution in [-0.4, -0.2) is 46.0 Å². The van der Waals surface area contributed by atoms with Gasteiger partial charge in [-0.1, -0.05) is 19.7 Å². The van der Waals surface area contributed by atoms with Crippen molar-refractivity contribution in [3.63, 3.8) is 0 Å². The molecular formula is C17H20O10. The van der Waals surface area contributed by atoms with E-state index in [4.69, 9.17) is 10.2 Å². The maximum absolute atomic E-state index is 11.1. The maximum atomic E-state index is 11.1. The van der Waals surface area contributed by atoms with E-state index in [9.17, 15) is 28.8 Å². The van der Waals surface area contributed by atoms with Crippen LogP contribution in [0.15, 0.2) is 36.5 Å². The first-order valence-corrected chi connectivity index (χ1v) is 7.21. The van der Waals surface area contributed by atoms with Crippen molar-refractivity contribution < 1.29 is 48.5 Å². The van der Waals surface area contributed by atoms with E-state index in [1.54, 1.807) is 0 Å². The molecule has 0 aliphatic heterocycles. The molecule has 27 heavy (non-hydrogen) atoms. The molecule has 0 fully saturated rings. The van der Waals surface area contributed by atoms with Gasteiger partial charge in [0.1, 0.15) is 0 Å². The third-order valence-electron chi connectivity index (χ3n) is 2.31. The highest BCUT2D eigenvalue weighted by molar-refractivity contribution is 5.97. The number of esters is 4. The summed E-state index contributed by atoms with van der Waals surface area (Å²) in [5.74, 6) is -5.93. The molecule has 0 saturated carbocycles. The number of ether oxygens (including phenoxy) is 2. The van der Waals surface area contributed by atoms with E-state index in [0.29, 0.717) is 0 Å². The first-order valence-electron chi connectivity index (χ1n) is 7.21. The Bertz CT molecular complexity index is 644. The largest absolute Gasteiger partial charge is 0.481 e. The van der Waals surface area contributed by atoms with Crippen molar-refractivity contribution in [3.05, 3.63) is 36.5 Å². The summed E-state index contributed by atoms with van der Waals surface area (Å²) in [6, 6.07) is 0. The molecule has 10 nitrogen and oxygen atoms in total. The van der Waals surface area contributed by atoms with E-state index >= 15 is 0 Å². The molecule has 0 heterocycles. The third-order valence-corrected chi connectivity index (χ3v) is 2.31. The molecule has 0 spiro atoms. The molecule has 0 unspecified atom stereocenters. The van der Waals surface area contributed by atoms with Crippen LogP contribution in [0, 0.1) is 0 Å². The third kappa shape index (κ3) is 14.5. The van der Waals surface area contributed by atoms with Gasteiger partial charge >= 0.3 is 35.8 Å². The molecule has 0 atom stereocenters. The number of carboxylic acid groups (broad SMARTS) is 2. The lowest BCUT2D eigenvalue weighted by Gasteiger charge is -2.03. The lowest BCUT2D eigenvalue weighted by molar-refractivity contribution is -0.162. The van der Waals surface area contributed by atoms with E-state index in [1.165, 1.54) is 13.8 Å². The minimum Gasteiger partial charge on any atom is -0.481 e. The summed E-state index contributed by atoms with van der Waals surface area (Å²) in [7, 11) is 0. The van der Waals surface area contributed by atoms with Gasteiger partial charge in [-0.3, -0.25) is 14.4 Å². The lowest BCUT2D eigenvalue weighted by Crippen LogP contribution is -2.17. The summed E-state index contributed by atoms with van der Waals surface area (Å²) in [5, 5.41) is 16.1. The Kier molecular flexibility index (Phi) is 12.1. The second-order valence-corrected chi connectivity index (χ2v) is 5.06. The molecule has 0 rings (SSSR count). The number of hydrogen-bond donors (Lipinski definition) is 2. The van der Waals surface area contributed by atoms with Crippen LogP contribution in [-0.2, 0) is 38.2 Å². The average Bonchev–Trinajstić information content (AvgIpc) is 2.52. The summed E-state index contributed by atoms with van der Waals surface area (Å²) in [4.78, 5) is 63.7. The Morgan fingerprint density at radius 1 is 0.741 bits per heavy atom. The lowest BCUT2D eigenvalue weighted by atomic mass is 10.2. The fraction of sp³-hybridized carbons (Fsp3) is 0.294. The van der Waals surface area contributed by atoms with Gasteiger partial charge in [0.25, 0.3) is 0 Å². The van der Waals surface area contributed by atoms with Crippen molar-refractivity contribution in [2.24, 2.45) is 0 Å². The van der Waals surface area contributed by atoms with Gasteiger partial charge in [-0.25, -0.2) is 14.4 Å². The molecule has 0 bridgehead atoms. The van der Waals surface area contributed by atoms with Crippen LogP contribution in [0.5, 0.6) is 0 Å². The topological polar surface area (TPSA) is 161 Å². The molecule has 0 radical (unpaired) electrons. The van der Waals surface area contributed by atoms with E-state index in [0.717, 1.165) is 0 Å². The predicted octanol–water partition coefficient (Wildman–Crippen LogP) is 1.16. The van der Waals surface area contributed by atoms with Gasteiger partial charge in [0.05, 0.1) is 19.3 Å². The minimum absolute atomic E-state index is 0.0726. The average molecular weight is 384 g/mol. The van der Waals surface area contributed by atoms with Gasteiger partial charge in [-0.05, 0) is 13.8 Å². The first-order chi connectivity index (χ1) is 12.3. The normalized spacial score (nSPS) is 8.96. The van der Waals surface area contributed by atoms with E-state index in [1.807, 2.05) is 0 Å². The molecule has 148 valence electrons. The zero-order chi connectivity index (χ0) is 21.7. The Labute approximate surface area is 154 Å². The van der Waals surface area contributed by atoms with Crippen LogP contribution in [0.4, 0.5) is 0 Å². The van der Waals surface area contributed by atoms with E-state index < -0.39 is 42.2 Å². The fourth-order valence-electron chi connectivity index (χ4n) is 0.945. The number of aliphatic carboxylic acids is 2. The summed E-state index contributed by atoms with van der Waals surface area (Å²) >= 11 is 0. The highest BCUT2D eigenvalue weighted by Crippen LogP contribution is 2.01. The molecule has 10 heteroatoms. The zero-order valence-electron chi connectivity index (χ0n) is 14.9. The quantitative estimate of drug-likeness (QED) is 0.353. The molecule has 0 saturated heterocycles. The Balaban J connectivity index is 0.